The van der Waals surface area contributed by atoms with Crippen molar-refractivity contribution in [2.75, 3.05) is 13.1 Å². The minimum atomic E-state index is -0.275. The Bertz CT molecular complexity index is 1310. The van der Waals surface area contributed by atoms with E-state index in [1.807, 2.05) is 24.3 Å². The lowest BCUT2D eigenvalue weighted by Gasteiger charge is -2.32. The number of amides is 1. The number of hydrogen-bond acceptors (Lipinski definition) is 2. The summed E-state index contributed by atoms with van der Waals surface area (Å²) in [6.07, 6.45) is 4.32. The fourth-order valence-corrected chi connectivity index (χ4v) is 5.49. The summed E-state index contributed by atoms with van der Waals surface area (Å²) in [6, 6.07) is 25.7. The van der Waals surface area contributed by atoms with Crippen molar-refractivity contribution < 1.29 is 9.18 Å². The number of halogens is 1. The Kier molecular flexibility index (Phi) is 7.47. The lowest BCUT2D eigenvalue weighted by Crippen LogP contribution is -2.44. The quantitative estimate of drug-likeness (QED) is 0.329. The van der Waals surface area contributed by atoms with Gasteiger partial charge in [-0.15, -0.1) is 0 Å². The summed E-state index contributed by atoms with van der Waals surface area (Å²) >= 11 is 0. The molecular weight excluding hydrogens is 449 g/mol. The van der Waals surface area contributed by atoms with Crippen LogP contribution in [-0.4, -0.2) is 34.5 Å². The number of aromatic nitrogens is 1. The van der Waals surface area contributed by atoms with Gasteiger partial charge in [0.05, 0.1) is 0 Å². The number of carbonyl (C=O) groups is 1. The first-order valence-electron chi connectivity index (χ1n) is 13.0. The molecule has 2 heterocycles. The highest BCUT2D eigenvalue weighted by molar-refractivity contribution is 5.86. The van der Waals surface area contributed by atoms with Crippen molar-refractivity contribution in [3.63, 3.8) is 0 Å². The number of fused-ring (bicyclic) bond motifs is 1. The molecule has 1 fully saturated rings. The van der Waals surface area contributed by atoms with Gasteiger partial charge in [0, 0.05) is 61.7 Å². The van der Waals surface area contributed by atoms with Crippen LogP contribution in [-0.2, 0) is 17.9 Å². The van der Waals surface area contributed by atoms with Crippen LogP contribution in [0.25, 0.3) is 10.9 Å². The second-order valence-corrected chi connectivity index (χ2v) is 9.80. The molecule has 1 aliphatic heterocycles. The highest BCUT2D eigenvalue weighted by Gasteiger charge is 2.26. The molecule has 36 heavy (non-hydrogen) atoms. The predicted molar refractivity (Wildman–Crippen MR) is 143 cm³/mol. The number of nitrogens with one attached hydrogen (secondary N) is 1. The molecule has 0 aliphatic carbocycles. The van der Waals surface area contributed by atoms with E-state index in [0.29, 0.717) is 6.42 Å². The van der Waals surface area contributed by atoms with Crippen molar-refractivity contribution in [3.05, 3.63) is 108 Å². The number of carbonyl (C=O) groups excluding carboxylic acids is 1. The van der Waals surface area contributed by atoms with E-state index in [4.69, 9.17) is 0 Å². The van der Waals surface area contributed by atoms with Gasteiger partial charge in [0.2, 0.25) is 5.91 Å². The molecule has 0 spiro atoms. The van der Waals surface area contributed by atoms with Crippen LogP contribution in [0.4, 0.5) is 4.39 Å². The number of para-hydroxylation sites is 1. The third-order valence-electron chi connectivity index (χ3n) is 7.38. The Labute approximate surface area is 212 Å². The Morgan fingerprint density at radius 2 is 1.75 bits per heavy atom. The zero-order valence-corrected chi connectivity index (χ0v) is 20.9. The first kappa shape index (κ1) is 24.3. The van der Waals surface area contributed by atoms with Crippen LogP contribution in [0.2, 0.25) is 0 Å². The maximum atomic E-state index is 14.2. The van der Waals surface area contributed by atoms with Crippen molar-refractivity contribution in [3.8, 4) is 0 Å². The van der Waals surface area contributed by atoms with Crippen molar-refractivity contribution in [2.45, 2.75) is 51.2 Å². The van der Waals surface area contributed by atoms with Crippen LogP contribution in [0.3, 0.4) is 0 Å². The van der Waals surface area contributed by atoms with E-state index in [1.54, 1.807) is 12.1 Å². The summed E-state index contributed by atoms with van der Waals surface area (Å²) in [5.41, 5.74) is 4.37. The van der Waals surface area contributed by atoms with Gasteiger partial charge in [-0.3, -0.25) is 9.69 Å². The van der Waals surface area contributed by atoms with E-state index in [0.717, 1.165) is 61.1 Å². The number of aryl methyl sites for hydroxylation is 1. The SMILES string of the molecule is CCn1cc([C@H](CC(=O)NC2CCN(Cc3ccccc3)CC2)c2cccc(F)c2)c2ccccc21. The van der Waals surface area contributed by atoms with E-state index < -0.39 is 0 Å². The second kappa shape index (κ2) is 11.1. The molecule has 1 atom stereocenters. The van der Waals surface area contributed by atoms with Gasteiger partial charge in [0.25, 0.3) is 0 Å². The maximum Gasteiger partial charge on any atom is 0.221 e. The molecular formula is C31H34FN3O. The molecule has 4 nitrogen and oxygen atoms in total. The third kappa shape index (κ3) is 5.52. The Morgan fingerprint density at radius 1 is 1.00 bits per heavy atom. The standard InChI is InChI=1S/C31H34FN3O/c1-2-35-22-29(27-13-6-7-14-30(27)35)28(24-11-8-12-25(32)19-24)20-31(36)33-26-15-17-34(18-16-26)21-23-9-4-3-5-10-23/h3-14,19,22,26,28H,2,15-18,20-21H2,1H3,(H,33,36)/t28-/m1/s1. The number of piperidine rings is 1. The van der Waals surface area contributed by atoms with E-state index in [2.05, 4.69) is 64.3 Å². The molecule has 5 rings (SSSR count). The molecule has 4 aromatic rings. The smallest absolute Gasteiger partial charge is 0.221 e. The summed E-state index contributed by atoms with van der Waals surface area (Å²) in [5, 5.41) is 4.41. The van der Waals surface area contributed by atoms with E-state index >= 15 is 0 Å². The lowest BCUT2D eigenvalue weighted by molar-refractivity contribution is -0.122. The number of nitrogens with zero attached hydrogens (tertiary/aromatic N) is 2. The van der Waals surface area contributed by atoms with Crippen LogP contribution in [0.5, 0.6) is 0 Å². The summed E-state index contributed by atoms with van der Waals surface area (Å²) in [5.74, 6) is -0.460. The van der Waals surface area contributed by atoms with Crippen LogP contribution in [0, 0.1) is 5.82 Å². The van der Waals surface area contributed by atoms with Crippen LogP contribution in [0.15, 0.2) is 85.1 Å². The summed E-state index contributed by atoms with van der Waals surface area (Å²) in [4.78, 5) is 15.8. The van der Waals surface area contributed by atoms with Gasteiger partial charge in [0.15, 0.2) is 0 Å². The van der Waals surface area contributed by atoms with Crippen molar-refractivity contribution >= 4 is 16.8 Å². The van der Waals surface area contributed by atoms with E-state index in [-0.39, 0.29) is 23.7 Å². The average molecular weight is 484 g/mol. The molecule has 0 unspecified atom stereocenters. The molecule has 186 valence electrons. The Morgan fingerprint density at radius 3 is 2.50 bits per heavy atom. The molecule has 1 N–H and O–H groups in total. The number of benzene rings is 3. The number of likely N-dealkylation sites (tertiary alicyclic amines) is 1. The maximum absolute atomic E-state index is 14.2. The zero-order valence-electron chi connectivity index (χ0n) is 20.9. The van der Waals surface area contributed by atoms with E-state index in [1.165, 1.54) is 11.6 Å². The number of hydrogen-bond donors (Lipinski definition) is 1. The normalized spacial score (nSPS) is 15.7. The molecule has 1 saturated heterocycles. The Hall–Kier alpha value is -3.44. The lowest BCUT2D eigenvalue weighted by atomic mass is 9.87. The largest absolute Gasteiger partial charge is 0.353 e. The highest BCUT2D eigenvalue weighted by Crippen LogP contribution is 2.35. The summed E-state index contributed by atoms with van der Waals surface area (Å²) in [6.45, 7) is 5.84. The molecule has 0 saturated carbocycles. The third-order valence-corrected chi connectivity index (χ3v) is 7.38. The molecule has 1 aliphatic rings. The molecule has 0 bridgehead atoms. The van der Waals surface area contributed by atoms with E-state index in [9.17, 15) is 9.18 Å². The molecule has 0 radical (unpaired) electrons. The fraction of sp³-hybridized carbons (Fsp3) is 0.323. The molecule has 1 aromatic heterocycles. The van der Waals surface area contributed by atoms with Gasteiger partial charge in [-0.05, 0) is 54.7 Å². The molecule has 5 heteroatoms. The summed E-state index contributed by atoms with van der Waals surface area (Å²) in [7, 11) is 0. The molecule has 3 aromatic carbocycles. The van der Waals surface area contributed by atoms with Crippen LogP contribution >= 0.6 is 0 Å². The van der Waals surface area contributed by atoms with Gasteiger partial charge < -0.3 is 9.88 Å². The van der Waals surface area contributed by atoms with Gasteiger partial charge in [-0.1, -0.05) is 60.7 Å². The topological polar surface area (TPSA) is 37.3 Å². The van der Waals surface area contributed by atoms with Crippen molar-refractivity contribution in [1.82, 2.24) is 14.8 Å². The monoisotopic (exact) mass is 483 g/mol. The number of rotatable bonds is 8. The summed E-state index contributed by atoms with van der Waals surface area (Å²) < 4.78 is 16.4. The first-order valence-corrected chi connectivity index (χ1v) is 13.0. The minimum absolute atomic E-state index is 0.0269. The minimum Gasteiger partial charge on any atom is -0.353 e. The average Bonchev–Trinajstić information content (AvgIpc) is 3.28. The fourth-order valence-electron chi connectivity index (χ4n) is 5.49. The second-order valence-electron chi connectivity index (χ2n) is 9.80. The zero-order chi connectivity index (χ0) is 24.9. The van der Waals surface area contributed by atoms with Gasteiger partial charge in [-0.2, -0.15) is 0 Å². The molecule has 1 amide bonds. The predicted octanol–water partition coefficient (Wildman–Crippen LogP) is 6.10. The Balaban J connectivity index is 1.30. The van der Waals surface area contributed by atoms with Crippen molar-refractivity contribution in [1.29, 1.82) is 0 Å². The van der Waals surface area contributed by atoms with Crippen molar-refractivity contribution in [2.24, 2.45) is 0 Å². The van der Waals surface area contributed by atoms with Crippen LogP contribution < -0.4 is 5.32 Å². The highest BCUT2D eigenvalue weighted by atomic mass is 19.1. The van der Waals surface area contributed by atoms with Gasteiger partial charge in [0.1, 0.15) is 5.82 Å². The van der Waals surface area contributed by atoms with Crippen LogP contribution in [0.1, 0.15) is 48.8 Å². The first-order chi connectivity index (χ1) is 17.6. The van der Waals surface area contributed by atoms with Gasteiger partial charge in [-0.25, -0.2) is 4.39 Å². The van der Waals surface area contributed by atoms with Gasteiger partial charge >= 0.3 is 0 Å².